The molecule has 0 bridgehead atoms. The van der Waals surface area contributed by atoms with Crippen molar-refractivity contribution >= 4 is 31.7 Å². The van der Waals surface area contributed by atoms with Gasteiger partial charge in [-0.3, -0.25) is 4.79 Å². The summed E-state index contributed by atoms with van der Waals surface area (Å²) in [6, 6.07) is 22.1. The molecule has 39 heavy (non-hydrogen) atoms. The molecule has 1 unspecified atom stereocenters. The third kappa shape index (κ3) is 6.50. The van der Waals surface area contributed by atoms with Crippen molar-refractivity contribution in [1.29, 1.82) is 5.26 Å². The van der Waals surface area contributed by atoms with Gasteiger partial charge < -0.3 is 10.1 Å². The largest absolute Gasteiger partial charge is 0.438 e. The van der Waals surface area contributed by atoms with Crippen LogP contribution >= 0.6 is 15.9 Å². The molecule has 0 spiro atoms. The van der Waals surface area contributed by atoms with Crippen LogP contribution in [0.3, 0.4) is 0 Å². The number of hydrogen-bond donors (Lipinski definition) is 1. The summed E-state index contributed by atoms with van der Waals surface area (Å²) >= 11 is 3.35. The van der Waals surface area contributed by atoms with Gasteiger partial charge in [-0.25, -0.2) is 13.4 Å². The molecule has 4 aromatic rings. The second-order valence-electron chi connectivity index (χ2n) is 8.94. The lowest BCUT2D eigenvalue weighted by molar-refractivity contribution is -0.120. The van der Waals surface area contributed by atoms with Crippen LogP contribution in [0.4, 0.5) is 0 Å². The molecule has 0 aliphatic rings. The summed E-state index contributed by atoms with van der Waals surface area (Å²) < 4.78 is 33.2. The minimum Gasteiger partial charge on any atom is -0.438 e. The first-order valence-electron chi connectivity index (χ1n) is 12.0. The lowest BCUT2D eigenvalue weighted by Crippen LogP contribution is -2.38. The molecule has 10 heteroatoms. The molecule has 0 radical (unpaired) electrons. The van der Waals surface area contributed by atoms with Gasteiger partial charge in [0.2, 0.25) is 21.6 Å². The maximum atomic E-state index is 13.1. The molecule has 1 N–H and O–H groups in total. The Hall–Kier alpha value is -4.07. The van der Waals surface area contributed by atoms with E-state index in [1.165, 1.54) is 19.2 Å². The van der Waals surface area contributed by atoms with Crippen LogP contribution in [0.25, 0.3) is 11.1 Å². The molecule has 0 fully saturated rings. The van der Waals surface area contributed by atoms with Gasteiger partial charge in [-0.1, -0.05) is 40.2 Å². The van der Waals surface area contributed by atoms with Crippen LogP contribution in [-0.4, -0.2) is 29.5 Å². The Balaban J connectivity index is 1.51. The zero-order valence-corrected chi connectivity index (χ0v) is 23.9. The number of carbonyl (C=O) groups is 1. The molecule has 1 heterocycles. The molecular weight excluding hydrogens is 580 g/mol. The molecule has 0 saturated heterocycles. The number of halogens is 1. The fourth-order valence-electron chi connectivity index (χ4n) is 3.87. The molecule has 1 atom stereocenters. The van der Waals surface area contributed by atoms with Crippen molar-refractivity contribution < 1.29 is 17.9 Å². The molecule has 198 valence electrons. The van der Waals surface area contributed by atoms with Gasteiger partial charge in [0.05, 0.1) is 11.6 Å². The number of nitriles is 1. The summed E-state index contributed by atoms with van der Waals surface area (Å²) in [5, 5.41) is 9.79. The predicted molar refractivity (Wildman–Crippen MR) is 151 cm³/mol. The van der Waals surface area contributed by atoms with Crippen molar-refractivity contribution in [3.8, 4) is 28.8 Å². The Labute approximate surface area is 235 Å². The van der Waals surface area contributed by atoms with Gasteiger partial charge >= 0.3 is 0 Å². The van der Waals surface area contributed by atoms with Crippen LogP contribution in [0.2, 0.25) is 0 Å². The maximum Gasteiger partial charge on any atom is 0.251 e. The Morgan fingerprint density at radius 2 is 1.67 bits per heavy atom. The lowest BCUT2D eigenvalue weighted by Gasteiger charge is -2.15. The Kier molecular flexibility index (Phi) is 8.43. The molecule has 8 nitrogen and oxygen atoms in total. The normalized spacial score (nSPS) is 11.9. The van der Waals surface area contributed by atoms with Gasteiger partial charge in [0.1, 0.15) is 11.0 Å². The first kappa shape index (κ1) is 28.0. The Morgan fingerprint density at radius 3 is 2.28 bits per heavy atom. The lowest BCUT2D eigenvalue weighted by atomic mass is 9.99. The monoisotopic (exact) mass is 604 g/mol. The van der Waals surface area contributed by atoms with Crippen LogP contribution in [-0.2, 0) is 21.2 Å². The molecule has 0 saturated carbocycles. The fraction of sp³-hybridized carbons (Fsp3) is 0.172. The minimum atomic E-state index is -4.18. The van der Waals surface area contributed by atoms with E-state index in [9.17, 15) is 13.2 Å². The van der Waals surface area contributed by atoms with Crippen molar-refractivity contribution in [2.45, 2.75) is 37.7 Å². The van der Waals surface area contributed by atoms with Gasteiger partial charge in [-0.2, -0.15) is 10.2 Å². The van der Waals surface area contributed by atoms with Crippen LogP contribution in [0.5, 0.6) is 11.6 Å². The molecular formula is C29H25BrN4O4S. The number of aromatic nitrogens is 2. The van der Waals surface area contributed by atoms with E-state index in [2.05, 4.69) is 37.3 Å². The van der Waals surface area contributed by atoms with Crippen LogP contribution in [0.1, 0.15) is 29.2 Å². The summed E-state index contributed by atoms with van der Waals surface area (Å²) in [6.45, 7) is 5.25. The number of ether oxygens (including phenoxy) is 1. The highest BCUT2D eigenvalue weighted by atomic mass is 79.9. The van der Waals surface area contributed by atoms with E-state index in [1.807, 2.05) is 62.4 Å². The van der Waals surface area contributed by atoms with Crippen molar-refractivity contribution in [2.24, 2.45) is 0 Å². The zero-order chi connectivity index (χ0) is 28.2. The SMILES string of the molecule is Cc1cc(-c2ccc(C#N)cc2)cc(C)c1Oc1ccnc(S(=O)(=O)C(C)C(=O)NCc2ccc(Br)cc2)n1. The van der Waals surface area contributed by atoms with Gasteiger partial charge in [-0.15, -0.1) is 0 Å². The van der Waals surface area contributed by atoms with E-state index < -0.39 is 26.2 Å². The van der Waals surface area contributed by atoms with E-state index in [1.54, 1.807) is 12.1 Å². The third-order valence-corrected chi connectivity index (χ3v) is 8.47. The van der Waals surface area contributed by atoms with Gasteiger partial charge in [0.25, 0.3) is 5.16 Å². The zero-order valence-electron chi connectivity index (χ0n) is 21.5. The van der Waals surface area contributed by atoms with Crippen molar-refractivity contribution in [3.63, 3.8) is 0 Å². The number of nitrogens with one attached hydrogen (secondary N) is 1. The topological polar surface area (TPSA) is 122 Å². The van der Waals surface area contributed by atoms with E-state index in [0.29, 0.717) is 11.3 Å². The Morgan fingerprint density at radius 1 is 1.03 bits per heavy atom. The summed E-state index contributed by atoms with van der Waals surface area (Å²) in [6.07, 6.45) is 1.29. The average Bonchev–Trinajstić information content (AvgIpc) is 2.94. The van der Waals surface area contributed by atoms with Gasteiger partial charge in [-0.05, 0) is 85.0 Å². The number of rotatable bonds is 8. The van der Waals surface area contributed by atoms with Crippen LogP contribution in [0.15, 0.2) is 82.6 Å². The average molecular weight is 606 g/mol. The van der Waals surface area contributed by atoms with E-state index >= 15 is 0 Å². The highest BCUT2D eigenvalue weighted by Crippen LogP contribution is 2.33. The second kappa shape index (κ2) is 11.8. The smallest absolute Gasteiger partial charge is 0.251 e. The number of hydrogen-bond acceptors (Lipinski definition) is 7. The van der Waals surface area contributed by atoms with Crippen LogP contribution < -0.4 is 10.1 Å². The van der Waals surface area contributed by atoms with Crippen molar-refractivity contribution in [3.05, 3.63) is 99.7 Å². The number of sulfone groups is 1. The van der Waals surface area contributed by atoms with E-state index in [4.69, 9.17) is 10.00 Å². The fourth-order valence-corrected chi connectivity index (χ4v) is 5.24. The summed E-state index contributed by atoms with van der Waals surface area (Å²) in [7, 11) is -4.18. The first-order chi connectivity index (χ1) is 18.6. The van der Waals surface area contributed by atoms with Crippen LogP contribution in [0, 0.1) is 25.2 Å². The molecule has 1 amide bonds. The second-order valence-corrected chi connectivity index (χ2v) is 12.0. The molecule has 3 aromatic carbocycles. The molecule has 1 aromatic heterocycles. The third-order valence-electron chi connectivity index (χ3n) is 6.09. The minimum absolute atomic E-state index is 0.0448. The number of carbonyl (C=O) groups excluding carboxylic acids is 1. The van der Waals surface area contributed by atoms with Crippen molar-refractivity contribution in [2.75, 3.05) is 0 Å². The number of amides is 1. The standard InChI is InChI=1S/C29H25BrN4O4S/c1-18-14-24(23-8-4-21(16-31)5-9-23)15-19(2)27(18)38-26-12-13-32-29(34-26)39(36,37)20(3)28(35)33-17-22-6-10-25(30)11-7-22/h4-15,20H,17H2,1-3H3,(H,33,35). The highest BCUT2D eigenvalue weighted by molar-refractivity contribution is 9.10. The van der Waals surface area contributed by atoms with Gasteiger partial charge in [0.15, 0.2) is 0 Å². The number of nitrogens with zero attached hydrogens (tertiary/aromatic N) is 3. The maximum absolute atomic E-state index is 13.1. The van der Waals surface area contributed by atoms with E-state index in [0.717, 1.165) is 32.3 Å². The van der Waals surface area contributed by atoms with E-state index in [-0.39, 0.29) is 12.4 Å². The first-order valence-corrected chi connectivity index (χ1v) is 14.3. The number of aryl methyl sites for hydroxylation is 2. The van der Waals surface area contributed by atoms with Gasteiger partial charge in [0, 0.05) is 23.3 Å². The highest BCUT2D eigenvalue weighted by Gasteiger charge is 2.32. The summed E-state index contributed by atoms with van der Waals surface area (Å²) in [4.78, 5) is 20.7. The summed E-state index contributed by atoms with van der Waals surface area (Å²) in [5.74, 6) is -0.0731. The van der Waals surface area contributed by atoms with Crippen molar-refractivity contribution in [1.82, 2.24) is 15.3 Å². The molecule has 0 aliphatic heterocycles. The predicted octanol–water partition coefficient (Wildman–Crippen LogP) is 5.67. The quantitative estimate of drug-likeness (QED) is 0.257. The number of benzene rings is 3. The molecule has 4 rings (SSSR count). The summed E-state index contributed by atoms with van der Waals surface area (Å²) in [5.41, 5.74) is 4.96. The molecule has 0 aliphatic carbocycles. The Bertz CT molecular complexity index is 1640.